The Labute approximate surface area is 158 Å². The third kappa shape index (κ3) is 5.01. The van der Waals surface area contributed by atoms with Gasteiger partial charge in [-0.05, 0) is 46.8 Å². The Kier molecular flexibility index (Phi) is 8.87. The van der Waals surface area contributed by atoms with Gasteiger partial charge in [0, 0.05) is 18.2 Å². The standard InChI is InChI=1S/C17H25BrN2O3.ClH/c1-22-14-8-12(9-15(23-2)16(14)18)17(21)20-13(10-19)11-6-4-3-5-7-11;/h8-9,11,13H,3-7,10,19H2,1-2H3,(H,20,21);1H. The van der Waals surface area contributed by atoms with Gasteiger partial charge in [0.1, 0.15) is 16.0 Å². The van der Waals surface area contributed by atoms with Crippen molar-refractivity contribution in [3.8, 4) is 11.5 Å². The minimum atomic E-state index is -0.143. The zero-order chi connectivity index (χ0) is 16.8. The molecule has 1 amide bonds. The lowest BCUT2D eigenvalue weighted by atomic mass is 9.84. The van der Waals surface area contributed by atoms with Crippen LogP contribution in [-0.4, -0.2) is 32.7 Å². The highest BCUT2D eigenvalue weighted by Gasteiger charge is 2.25. The molecule has 1 aromatic rings. The molecule has 1 aliphatic rings. The summed E-state index contributed by atoms with van der Waals surface area (Å²) in [6, 6.07) is 3.43. The number of methoxy groups -OCH3 is 2. The highest BCUT2D eigenvalue weighted by atomic mass is 79.9. The summed E-state index contributed by atoms with van der Waals surface area (Å²) in [6.45, 7) is 0.460. The zero-order valence-electron chi connectivity index (χ0n) is 14.1. The molecule has 24 heavy (non-hydrogen) atoms. The van der Waals surface area contributed by atoms with E-state index in [1.165, 1.54) is 19.3 Å². The zero-order valence-corrected chi connectivity index (χ0v) is 16.5. The smallest absolute Gasteiger partial charge is 0.251 e. The van der Waals surface area contributed by atoms with Gasteiger partial charge in [-0.3, -0.25) is 4.79 Å². The van der Waals surface area contributed by atoms with Gasteiger partial charge in [0.2, 0.25) is 0 Å². The molecule has 0 aromatic heterocycles. The summed E-state index contributed by atoms with van der Waals surface area (Å²) in [5.41, 5.74) is 6.40. The summed E-state index contributed by atoms with van der Waals surface area (Å²) >= 11 is 3.41. The maximum Gasteiger partial charge on any atom is 0.251 e. The van der Waals surface area contributed by atoms with Gasteiger partial charge in [-0.25, -0.2) is 0 Å². The van der Waals surface area contributed by atoms with E-state index in [9.17, 15) is 4.79 Å². The number of rotatable bonds is 6. The summed E-state index contributed by atoms with van der Waals surface area (Å²) < 4.78 is 11.3. The second kappa shape index (κ2) is 10.1. The summed E-state index contributed by atoms with van der Waals surface area (Å²) in [5.74, 6) is 1.46. The lowest BCUT2D eigenvalue weighted by Gasteiger charge is -2.30. The van der Waals surface area contributed by atoms with E-state index in [0.29, 0.717) is 34.0 Å². The van der Waals surface area contributed by atoms with Crippen molar-refractivity contribution in [3.63, 3.8) is 0 Å². The van der Waals surface area contributed by atoms with E-state index in [1.54, 1.807) is 26.4 Å². The Morgan fingerprint density at radius 1 is 1.25 bits per heavy atom. The number of carbonyl (C=O) groups is 1. The molecule has 0 saturated heterocycles. The van der Waals surface area contributed by atoms with Crippen molar-refractivity contribution in [3.05, 3.63) is 22.2 Å². The molecule has 2 rings (SSSR count). The van der Waals surface area contributed by atoms with Gasteiger partial charge in [0.15, 0.2) is 0 Å². The van der Waals surface area contributed by atoms with Gasteiger partial charge < -0.3 is 20.5 Å². The molecule has 0 heterocycles. The van der Waals surface area contributed by atoms with Crippen LogP contribution >= 0.6 is 28.3 Å². The Bertz CT molecular complexity index is 526. The van der Waals surface area contributed by atoms with E-state index in [-0.39, 0.29) is 24.4 Å². The molecule has 7 heteroatoms. The fraction of sp³-hybridized carbons (Fsp3) is 0.588. The van der Waals surface area contributed by atoms with Crippen LogP contribution in [0.5, 0.6) is 11.5 Å². The molecule has 0 radical (unpaired) electrons. The van der Waals surface area contributed by atoms with Crippen LogP contribution < -0.4 is 20.5 Å². The first-order valence-corrected chi connectivity index (χ1v) is 8.82. The van der Waals surface area contributed by atoms with Gasteiger partial charge in [-0.15, -0.1) is 12.4 Å². The van der Waals surface area contributed by atoms with Crippen molar-refractivity contribution in [2.45, 2.75) is 38.1 Å². The minimum Gasteiger partial charge on any atom is -0.495 e. The summed E-state index contributed by atoms with van der Waals surface area (Å²) in [5, 5.41) is 3.08. The fourth-order valence-corrected chi connectivity index (χ4v) is 3.71. The highest BCUT2D eigenvalue weighted by Crippen LogP contribution is 2.35. The van der Waals surface area contributed by atoms with E-state index in [4.69, 9.17) is 15.2 Å². The number of benzene rings is 1. The summed E-state index contributed by atoms with van der Waals surface area (Å²) in [7, 11) is 3.12. The lowest BCUT2D eigenvalue weighted by molar-refractivity contribution is 0.0915. The molecule has 0 spiro atoms. The van der Waals surface area contributed by atoms with Crippen LogP contribution in [0.15, 0.2) is 16.6 Å². The molecule has 0 aliphatic heterocycles. The van der Waals surface area contributed by atoms with Gasteiger partial charge in [-0.1, -0.05) is 19.3 Å². The first kappa shape index (κ1) is 21.1. The third-order valence-electron chi connectivity index (χ3n) is 4.50. The van der Waals surface area contributed by atoms with Gasteiger partial charge >= 0.3 is 0 Å². The van der Waals surface area contributed by atoms with E-state index in [2.05, 4.69) is 21.2 Å². The van der Waals surface area contributed by atoms with Crippen LogP contribution in [0.3, 0.4) is 0 Å². The molecule has 3 N–H and O–H groups in total. The molecule has 1 unspecified atom stereocenters. The molecule has 1 fully saturated rings. The summed E-state index contributed by atoms with van der Waals surface area (Å²) in [6.07, 6.45) is 5.99. The van der Waals surface area contributed by atoms with E-state index >= 15 is 0 Å². The number of amides is 1. The second-order valence-electron chi connectivity index (χ2n) is 5.91. The number of carbonyl (C=O) groups excluding carboxylic acids is 1. The predicted octanol–water partition coefficient (Wildman–Crippen LogP) is 3.53. The van der Waals surface area contributed by atoms with E-state index in [1.807, 2.05) is 0 Å². The number of hydrogen-bond acceptors (Lipinski definition) is 4. The fourth-order valence-electron chi connectivity index (χ4n) is 3.16. The molecule has 1 atom stereocenters. The van der Waals surface area contributed by atoms with Crippen molar-refractivity contribution in [2.24, 2.45) is 11.7 Å². The molecule has 1 saturated carbocycles. The number of ether oxygens (including phenoxy) is 2. The molecule has 136 valence electrons. The Balaban J connectivity index is 0.00000288. The first-order chi connectivity index (χ1) is 11.1. The molecule has 1 aromatic carbocycles. The maximum atomic E-state index is 12.6. The second-order valence-corrected chi connectivity index (χ2v) is 6.70. The average Bonchev–Trinajstić information content (AvgIpc) is 2.60. The average molecular weight is 422 g/mol. The molecular formula is C17H26BrClN2O3. The topological polar surface area (TPSA) is 73.6 Å². The van der Waals surface area contributed by atoms with E-state index < -0.39 is 0 Å². The van der Waals surface area contributed by atoms with Gasteiger partial charge in [0.25, 0.3) is 5.91 Å². The van der Waals surface area contributed by atoms with Crippen molar-refractivity contribution in [1.82, 2.24) is 5.32 Å². The van der Waals surface area contributed by atoms with Crippen LogP contribution in [0, 0.1) is 5.92 Å². The van der Waals surface area contributed by atoms with Crippen molar-refractivity contribution >= 4 is 34.2 Å². The number of halogens is 2. The quantitative estimate of drug-likeness (QED) is 0.737. The Morgan fingerprint density at radius 3 is 2.25 bits per heavy atom. The lowest BCUT2D eigenvalue weighted by Crippen LogP contribution is -2.45. The van der Waals surface area contributed by atoms with Crippen LogP contribution in [-0.2, 0) is 0 Å². The minimum absolute atomic E-state index is 0. The van der Waals surface area contributed by atoms with Crippen molar-refractivity contribution < 1.29 is 14.3 Å². The van der Waals surface area contributed by atoms with Crippen molar-refractivity contribution in [1.29, 1.82) is 0 Å². The van der Waals surface area contributed by atoms with E-state index in [0.717, 1.165) is 12.8 Å². The predicted molar refractivity (Wildman–Crippen MR) is 101 cm³/mol. The van der Waals surface area contributed by atoms with Crippen LogP contribution in [0.4, 0.5) is 0 Å². The highest BCUT2D eigenvalue weighted by molar-refractivity contribution is 9.10. The monoisotopic (exact) mass is 420 g/mol. The largest absolute Gasteiger partial charge is 0.495 e. The molecule has 0 bridgehead atoms. The molecule has 5 nitrogen and oxygen atoms in total. The molecular weight excluding hydrogens is 396 g/mol. The number of hydrogen-bond donors (Lipinski definition) is 2. The molecule has 1 aliphatic carbocycles. The van der Waals surface area contributed by atoms with Crippen LogP contribution in [0.1, 0.15) is 42.5 Å². The Morgan fingerprint density at radius 2 is 1.79 bits per heavy atom. The number of nitrogens with one attached hydrogen (secondary N) is 1. The van der Waals surface area contributed by atoms with Crippen LogP contribution in [0.25, 0.3) is 0 Å². The SMILES string of the molecule is COc1cc(C(=O)NC(CN)C2CCCCC2)cc(OC)c1Br.Cl. The maximum absolute atomic E-state index is 12.6. The van der Waals surface area contributed by atoms with Crippen molar-refractivity contribution in [2.75, 3.05) is 20.8 Å². The Hall–Kier alpha value is -0.980. The number of nitrogens with two attached hydrogens (primary N) is 1. The van der Waals surface area contributed by atoms with Gasteiger partial charge in [-0.2, -0.15) is 0 Å². The third-order valence-corrected chi connectivity index (χ3v) is 5.28. The first-order valence-electron chi connectivity index (χ1n) is 8.03. The summed E-state index contributed by atoms with van der Waals surface area (Å²) in [4.78, 5) is 12.6. The van der Waals surface area contributed by atoms with Gasteiger partial charge in [0.05, 0.1) is 14.2 Å². The van der Waals surface area contributed by atoms with Crippen LogP contribution in [0.2, 0.25) is 0 Å². The normalized spacial score (nSPS) is 16.0.